The molecule has 0 saturated carbocycles. The van der Waals surface area contributed by atoms with Gasteiger partial charge < -0.3 is 5.11 Å². The second kappa shape index (κ2) is 18.0. The molecule has 1 atom stereocenters. The zero-order valence-electron chi connectivity index (χ0n) is 15.8. The van der Waals surface area contributed by atoms with E-state index in [9.17, 15) is 9.50 Å². The molecule has 23 heavy (non-hydrogen) atoms. The van der Waals surface area contributed by atoms with E-state index in [1.807, 2.05) is 6.92 Å². The molecule has 1 unspecified atom stereocenters. The van der Waals surface area contributed by atoms with Crippen molar-refractivity contribution in [3.8, 4) is 0 Å². The highest BCUT2D eigenvalue weighted by Gasteiger charge is 2.09. The van der Waals surface area contributed by atoms with Crippen molar-refractivity contribution in [2.24, 2.45) is 0 Å². The Labute approximate surface area is 144 Å². The number of halogens is 1. The maximum Gasteiger partial charge on any atom is 0.124 e. The summed E-state index contributed by atoms with van der Waals surface area (Å²) in [4.78, 5) is 0. The molecule has 0 aromatic rings. The Morgan fingerprint density at radius 2 is 1.17 bits per heavy atom. The van der Waals surface area contributed by atoms with Gasteiger partial charge in [-0.15, -0.1) is 0 Å². The van der Waals surface area contributed by atoms with Crippen LogP contribution in [0.15, 0.2) is 11.9 Å². The lowest BCUT2D eigenvalue weighted by Gasteiger charge is -2.08. The van der Waals surface area contributed by atoms with Crippen LogP contribution in [0.5, 0.6) is 0 Å². The molecule has 0 saturated heterocycles. The van der Waals surface area contributed by atoms with Gasteiger partial charge in [-0.05, 0) is 12.8 Å². The Morgan fingerprint density at radius 1 is 0.739 bits per heavy atom. The fourth-order valence-electron chi connectivity index (χ4n) is 2.91. The maximum absolute atomic E-state index is 13.4. The molecule has 0 aromatic carbocycles. The molecular formula is C21H41FO. The first kappa shape index (κ1) is 22.6. The van der Waals surface area contributed by atoms with Crippen LogP contribution in [0.2, 0.25) is 0 Å². The van der Waals surface area contributed by atoms with E-state index in [1.165, 1.54) is 76.7 Å². The van der Waals surface area contributed by atoms with Gasteiger partial charge in [0.25, 0.3) is 0 Å². The van der Waals surface area contributed by atoms with E-state index in [-0.39, 0.29) is 5.83 Å². The molecule has 0 heterocycles. The standard InChI is InChI=1S/C21H41FO/c1-3-5-7-8-9-10-11-12-13-14-15-16-17-19-21(23)20(22)18-6-4-2/h18,21,23H,3-17,19H2,1-2H3/b20-18-. The van der Waals surface area contributed by atoms with E-state index in [0.717, 1.165) is 25.7 Å². The first-order chi connectivity index (χ1) is 11.2. The second-order valence-electron chi connectivity index (χ2n) is 6.92. The van der Waals surface area contributed by atoms with Crippen LogP contribution >= 0.6 is 0 Å². The van der Waals surface area contributed by atoms with Gasteiger partial charge in [-0.2, -0.15) is 0 Å². The van der Waals surface area contributed by atoms with Crippen LogP contribution in [-0.4, -0.2) is 11.2 Å². The van der Waals surface area contributed by atoms with Crippen molar-refractivity contribution in [2.75, 3.05) is 0 Å². The zero-order valence-corrected chi connectivity index (χ0v) is 15.8. The first-order valence-corrected chi connectivity index (χ1v) is 10.3. The zero-order chi connectivity index (χ0) is 17.2. The normalized spacial score (nSPS) is 13.5. The Balaban J connectivity index is 3.24. The lowest BCUT2D eigenvalue weighted by atomic mass is 10.0. The van der Waals surface area contributed by atoms with Crippen LogP contribution in [-0.2, 0) is 0 Å². The Hall–Kier alpha value is -0.370. The predicted molar refractivity (Wildman–Crippen MR) is 100 cm³/mol. The van der Waals surface area contributed by atoms with Crippen LogP contribution in [0.4, 0.5) is 4.39 Å². The van der Waals surface area contributed by atoms with E-state index in [2.05, 4.69) is 6.92 Å². The number of hydrogen-bond acceptors (Lipinski definition) is 1. The Morgan fingerprint density at radius 3 is 1.61 bits per heavy atom. The summed E-state index contributed by atoms with van der Waals surface area (Å²) in [7, 11) is 0. The summed E-state index contributed by atoms with van der Waals surface area (Å²) in [6.07, 6.45) is 19.9. The van der Waals surface area contributed by atoms with E-state index in [0.29, 0.717) is 6.42 Å². The molecule has 0 aliphatic carbocycles. The molecule has 0 radical (unpaired) electrons. The van der Waals surface area contributed by atoms with Gasteiger partial charge in [-0.25, -0.2) is 4.39 Å². The van der Waals surface area contributed by atoms with Gasteiger partial charge in [0.1, 0.15) is 11.9 Å². The van der Waals surface area contributed by atoms with Gasteiger partial charge in [0.15, 0.2) is 0 Å². The highest BCUT2D eigenvalue weighted by molar-refractivity contribution is 4.97. The third-order valence-electron chi connectivity index (χ3n) is 4.53. The Kier molecular flexibility index (Phi) is 17.7. The van der Waals surface area contributed by atoms with Crippen LogP contribution in [0.3, 0.4) is 0 Å². The van der Waals surface area contributed by atoms with Crippen molar-refractivity contribution >= 4 is 0 Å². The number of unbranched alkanes of at least 4 members (excludes halogenated alkanes) is 13. The van der Waals surface area contributed by atoms with Crippen molar-refractivity contribution in [3.05, 3.63) is 11.9 Å². The van der Waals surface area contributed by atoms with Crippen molar-refractivity contribution in [3.63, 3.8) is 0 Å². The first-order valence-electron chi connectivity index (χ1n) is 10.3. The molecular weight excluding hydrogens is 287 g/mol. The lowest BCUT2D eigenvalue weighted by molar-refractivity contribution is 0.168. The molecule has 1 N–H and O–H groups in total. The fraction of sp³-hybridized carbons (Fsp3) is 0.905. The Bertz CT molecular complexity index is 263. The molecule has 0 rings (SSSR count). The third kappa shape index (κ3) is 16.3. The number of aliphatic hydroxyl groups is 1. The van der Waals surface area contributed by atoms with E-state index in [1.54, 1.807) is 0 Å². The van der Waals surface area contributed by atoms with Crippen molar-refractivity contribution in [1.82, 2.24) is 0 Å². The van der Waals surface area contributed by atoms with Crippen molar-refractivity contribution < 1.29 is 9.50 Å². The molecule has 138 valence electrons. The monoisotopic (exact) mass is 328 g/mol. The molecule has 0 aliphatic rings. The van der Waals surface area contributed by atoms with Gasteiger partial charge in [0.05, 0.1) is 0 Å². The number of allylic oxidation sites excluding steroid dienone is 1. The smallest absolute Gasteiger partial charge is 0.124 e. The maximum atomic E-state index is 13.4. The molecule has 2 heteroatoms. The molecule has 0 aliphatic heterocycles. The average molecular weight is 329 g/mol. The quantitative estimate of drug-likeness (QED) is 0.274. The second-order valence-corrected chi connectivity index (χ2v) is 6.92. The number of aliphatic hydroxyl groups excluding tert-OH is 1. The van der Waals surface area contributed by atoms with Crippen LogP contribution < -0.4 is 0 Å². The largest absolute Gasteiger partial charge is 0.386 e. The summed E-state index contributed by atoms with van der Waals surface area (Å²) in [6, 6.07) is 0. The van der Waals surface area contributed by atoms with Gasteiger partial charge in [-0.1, -0.05) is 110 Å². The fourth-order valence-corrected chi connectivity index (χ4v) is 2.91. The predicted octanol–water partition coefficient (Wildman–Crippen LogP) is 7.48. The van der Waals surface area contributed by atoms with E-state index < -0.39 is 6.10 Å². The molecule has 0 amide bonds. The topological polar surface area (TPSA) is 20.2 Å². The summed E-state index contributed by atoms with van der Waals surface area (Å²) in [6.45, 7) is 4.28. The third-order valence-corrected chi connectivity index (χ3v) is 4.53. The minimum Gasteiger partial charge on any atom is -0.386 e. The van der Waals surface area contributed by atoms with Crippen LogP contribution in [0, 0.1) is 0 Å². The van der Waals surface area contributed by atoms with Gasteiger partial charge in [0.2, 0.25) is 0 Å². The van der Waals surface area contributed by atoms with Crippen molar-refractivity contribution in [1.29, 1.82) is 0 Å². The molecule has 0 bridgehead atoms. The minimum atomic E-state index is -0.866. The summed E-state index contributed by atoms with van der Waals surface area (Å²) in [5.41, 5.74) is 0. The summed E-state index contributed by atoms with van der Waals surface area (Å²) in [5.74, 6) is -0.328. The van der Waals surface area contributed by atoms with Crippen molar-refractivity contribution in [2.45, 2.75) is 123 Å². The SMILES string of the molecule is CCC/C=C(\F)C(O)CCCCCCCCCCCCCCC. The van der Waals surface area contributed by atoms with Gasteiger partial charge in [0, 0.05) is 0 Å². The van der Waals surface area contributed by atoms with Crippen LogP contribution in [0.1, 0.15) is 117 Å². The number of hydrogen-bond donors (Lipinski definition) is 1. The average Bonchev–Trinajstić information content (AvgIpc) is 2.56. The molecule has 0 spiro atoms. The minimum absolute atomic E-state index is 0.328. The summed E-state index contributed by atoms with van der Waals surface area (Å²) in [5, 5.41) is 9.68. The van der Waals surface area contributed by atoms with Crippen LogP contribution in [0.25, 0.3) is 0 Å². The molecule has 0 aromatic heterocycles. The molecule has 0 fully saturated rings. The summed E-state index contributed by atoms with van der Waals surface area (Å²) < 4.78 is 13.4. The van der Waals surface area contributed by atoms with E-state index >= 15 is 0 Å². The summed E-state index contributed by atoms with van der Waals surface area (Å²) >= 11 is 0. The van der Waals surface area contributed by atoms with Gasteiger partial charge >= 0.3 is 0 Å². The van der Waals surface area contributed by atoms with Gasteiger partial charge in [-0.3, -0.25) is 0 Å². The number of rotatable bonds is 17. The lowest BCUT2D eigenvalue weighted by Crippen LogP contribution is -2.06. The highest BCUT2D eigenvalue weighted by Crippen LogP contribution is 2.16. The highest BCUT2D eigenvalue weighted by atomic mass is 19.1. The molecule has 1 nitrogen and oxygen atoms in total. The van der Waals surface area contributed by atoms with E-state index in [4.69, 9.17) is 0 Å².